The van der Waals surface area contributed by atoms with Gasteiger partial charge in [0.1, 0.15) is 0 Å². The SMILES string of the molecule is O=S(C=S)Nc1ccc(CP(=O)(O)O)cc1. The summed E-state index contributed by atoms with van der Waals surface area (Å²) in [6.45, 7) is 0. The highest BCUT2D eigenvalue weighted by Gasteiger charge is 2.13. The Morgan fingerprint density at radius 2 is 1.94 bits per heavy atom. The van der Waals surface area contributed by atoms with E-state index in [0.717, 1.165) is 4.70 Å². The highest BCUT2D eigenvalue weighted by atomic mass is 32.2. The maximum atomic E-state index is 11.0. The van der Waals surface area contributed by atoms with Crippen LogP contribution in [0.15, 0.2) is 24.3 Å². The number of hydrogen-bond acceptors (Lipinski definition) is 3. The van der Waals surface area contributed by atoms with Crippen molar-refractivity contribution < 1.29 is 18.6 Å². The molecule has 0 aliphatic heterocycles. The van der Waals surface area contributed by atoms with Gasteiger partial charge in [0.15, 0.2) is 11.0 Å². The largest absolute Gasteiger partial charge is 0.329 e. The van der Waals surface area contributed by atoms with Crippen LogP contribution in [0, 0.1) is 0 Å². The molecular weight excluding hydrogens is 269 g/mol. The summed E-state index contributed by atoms with van der Waals surface area (Å²) in [7, 11) is -5.46. The minimum atomic E-state index is -4.04. The van der Waals surface area contributed by atoms with Gasteiger partial charge < -0.3 is 14.5 Å². The molecule has 1 rings (SSSR count). The van der Waals surface area contributed by atoms with Crippen LogP contribution in [0.5, 0.6) is 0 Å². The zero-order valence-electron chi connectivity index (χ0n) is 8.07. The Kier molecular flexibility index (Phi) is 4.76. The van der Waals surface area contributed by atoms with Gasteiger partial charge in [-0.15, -0.1) is 0 Å². The Hall–Kier alpha value is -0.590. The maximum Gasteiger partial charge on any atom is 0.329 e. The van der Waals surface area contributed by atoms with Gasteiger partial charge in [0.25, 0.3) is 0 Å². The van der Waals surface area contributed by atoms with Crippen LogP contribution in [-0.4, -0.2) is 18.7 Å². The number of benzene rings is 1. The molecule has 0 heterocycles. The fraction of sp³-hybridized carbons (Fsp3) is 0.125. The lowest BCUT2D eigenvalue weighted by molar-refractivity contribution is 0.371. The lowest BCUT2D eigenvalue weighted by atomic mass is 10.2. The van der Waals surface area contributed by atoms with Crippen LogP contribution in [0.3, 0.4) is 0 Å². The van der Waals surface area contributed by atoms with Crippen LogP contribution in [0.4, 0.5) is 5.69 Å². The van der Waals surface area contributed by atoms with E-state index in [1.807, 2.05) is 0 Å². The average Bonchev–Trinajstić information content (AvgIpc) is 2.18. The van der Waals surface area contributed by atoms with E-state index in [4.69, 9.17) is 9.79 Å². The molecule has 0 aromatic heterocycles. The molecule has 5 nitrogen and oxygen atoms in total. The number of nitrogens with one attached hydrogen (secondary N) is 1. The second kappa shape index (κ2) is 5.65. The van der Waals surface area contributed by atoms with Gasteiger partial charge in [-0.3, -0.25) is 4.57 Å². The Morgan fingerprint density at radius 1 is 1.38 bits per heavy atom. The summed E-state index contributed by atoms with van der Waals surface area (Å²) < 4.78 is 25.4. The molecule has 0 saturated heterocycles. The Morgan fingerprint density at radius 3 is 2.38 bits per heavy atom. The van der Waals surface area contributed by atoms with Gasteiger partial charge in [0.2, 0.25) is 0 Å². The summed E-state index contributed by atoms with van der Waals surface area (Å²) in [5, 5.41) is 0. The third kappa shape index (κ3) is 4.96. The highest BCUT2D eigenvalue weighted by molar-refractivity contribution is 8.11. The lowest BCUT2D eigenvalue weighted by Gasteiger charge is -2.05. The van der Waals surface area contributed by atoms with Crippen LogP contribution < -0.4 is 4.72 Å². The second-order valence-electron chi connectivity index (χ2n) is 3.02. The van der Waals surface area contributed by atoms with Gasteiger partial charge in [0.05, 0.1) is 10.9 Å². The van der Waals surface area contributed by atoms with Gasteiger partial charge in [0, 0.05) is 5.69 Å². The summed E-state index contributed by atoms with van der Waals surface area (Å²) in [6, 6.07) is 6.29. The van der Waals surface area contributed by atoms with Gasteiger partial charge in [-0.1, -0.05) is 24.4 Å². The van der Waals surface area contributed by atoms with E-state index in [9.17, 15) is 8.77 Å². The van der Waals surface area contributed by atoms with Crippen molar-refractivity contribution in [3.8, 4) is 0 Å². The van der Waals surface area contributed by atoms with Crippen LogP contribution >= 0.6 is 19.8 Å². The zero-order valence-corrected chi connectivity index (χ0v) is 10.6. The molecule has 1 aromatic carbocycles. The molecule has 0 radical (unpaired) electrons. The first-order valence-electron chi connectivity index (χ1n) is 4.17. The number of thiocarbonyl (C=S) groups is 1. The Bertz CT molecular complexity index is 442. The molecule has 1 unspecified atom stereocenters. The van der Waals surface area contributed by atoms with E-state index in [-0.39, 0.29) is 6.16 Å². The standard InChI is InChI=1S/C8H10NO4PS2/c10-14(11,12)5-7-1-3-8(4-2-7)9-16(13)6-15/h1-4,6,9H,5H2,(H2,10,11,12). The third-order valence-corrected chi connectivity index (χ3v) is 3.56. The minimum absolute atomic E-state index is 0.302. The molecule has 1 aromatic rings. The average molecular weight is 279 g/mol. The topological polar surface area (TPSA) is 86.6 Å². The molecule has 0 aliphatic carbocycles. The fourth-order valence-corrected chi connectivity index (χ4v) is 2.30. The molecule has 0 bridgehead atoms. The molecule has 0 amide bonds. The van der Waals surface area contributed by atoms with Crippen molar-refractivity contribution in [2.75, 3.05) is 4.72 Å². The quantitative estimate of drug-likeness (QED) is 0.560. The van der Waals surface area contributed by atoms with Crippen molar-refractivity contribution in [1.82, 2.24) is 0 Å². The zero-order chi connectivity index (χ0) is 12.2. The van der Waals surface area contributed by atoms with Crippen molar-refractivity contribution in [1.29, 1.82) is 0 Å². The Balaban J connectivity index is 2.72. The minimum Gasteiger partial charge on any atom is -0.324 e. The molecule has 0 saturated carbocycles. The van der Waals surface area contributed by atoms with Gasteiger partial charge in [-0.05, 0) is 17.7 Å². The normalized spacial score (nSPS) is 13.1. The molecule has 16 heavy (non-hydrogen) atoms. The van der Waals surface area contributed by atoms with E-state index in [2.05, 4.69) is 16.9 Å². The summed E-state index contributed by atoms with van der Waals surface area (Å²) >= 11 is 4.48. The number of rotatable bonds is 5. The molecule has 0 aliphatic rings. The molecule has 3 N–H and O–H groups in total. The monoisotopic (exact) mass is 279 g/mol. The van der Waals surface area contributed by atoms with Crippen molar-refractivity contribution in [2.24, 2.45) is 0 Å². The van der Waals surface area contributed by atoms with Crippen LogP contribution in [0.1, 0.15) is 5.56 Å². The van der Waals surface area contributed by atoms with E-state index < -0.39 is 18.6 Å². The summed E-state index contributed by atoms with van der Waals surface area (Å²) in [4.78, 5) is 17.5. The molecule has 1 atom stereocenters. The van der Waals surface area contributed by atoms with Gasteiger partial charge >= 0.3 is 7.60 Å². The molecule has 8 heteroatoms. The third-order valence-electron chi connectivity index (χ3n) is 1.65. The van der Waals surface area contributed by atoms with Crippen LogP contribution in [0.2, 0.25) is 0 Å². The molecule has 88 valence electrons. The van der Waals surface area contributed by atoms with E-state index in [1.54, 1.807) is 24.3 Å². The van der Waals surface area contributed by atoms with Crippen molar-refractivity contribution >= 4 is 41.2 Å². The van der Waals surface area contributed by atoms with Gasteiger partial charge in [-0.2, -0.15) is 0 Å². The van der Waals surface area contributed by atoms with Crippen LogP contribution in [0.25, 0.3) is 0 Å². The second-order valence-corrected chi connectivity index (χ2v) is 6.23. The summed E-state index contributed by atoms with van der Waals surface area (Å²) in [6.07, 6.45) is -0.302. The van der Waals surface area contributed by atoms with Gasteiger partial charge in [-0.25, -0.2) is 4.21 Å². The smallest absolute Gasteiger partial charge is 0.324 e. The highest BCUT2D eigenvalue weighted by Crippen LogP contribution is 2.39. The first-order valence-corrected chi connectivity index (χ1v) is 7.65. The fourth-order valence-electron chi connectivity index (χ4n) is 1.06. The van der Waals surface area contributed by atoms with Crippen molar-refractivity contribution in [3.05, 3.63) is 29.8 Å². The Labute approximate surface area is 101 Å². The van der Waals surface area contributed by atoms with Crippen molar-refractivity contribution in [2.45, 2.75) is 6.16 Å². The first kappa shape index (κ1) is 13.5. The number of hydrogen-bond donors (Lipinski definition) is 3. The lowest BCUT2D eigenvalue weighted by Crippen LogP contribution is -2.03. The summed E-state index contributed by atoms with van der Waals surface area (Å²) in [5.41, 5.74) is 1.10. The molecule has 0 spiro atoms. The van der Waals surface area contributed by atoms with E-state index in [1.165, 1.54) is 0 Å². The predicted octanol–water partition coefficient (Wildman–Crippen LogP) is 1.40. The predicted molar refractivity (Wildman–Crippen MR) is 67.6 cm³/mol. The summed E-state index contributed by atoms with van der Waals surface area (Å²) in [5.74, 6) is 0. The molecule has 0 fully saturated rings. The van der Waals surface area contributed by atoms with E-state index >= 15 is 0 Å². The maximum absolute atomic E-state index is 11.0. The molecular formula is C8H10NO4PS2. The van der Waals surface area contributed by atoms with Crippen molar-refractivity contribution in [3.63, 3.8) is 0 Å². The van der Waals surface area contributed by atoms with Crippen LogP contribution in [-0.2, 0) is 21.7 Å². The van der Waals surface area contributed by atoms with E-state index in [0.29, 0.717) is 11.3 Å². The first-order chi connectivity index (χ1) is 7.40. The number of anilines is 1.